The van der Waals surface area contributed by atoms with Crippen LogP contribution in [0.1, 0.15) is 81.9 Å². The lowest BCUT2D eigenvalue weighted by Gasteiger charge is -2.43. The van der Waals surface area contributed by atoms with Gasteiger partial charge in [-0.15, -0.1) is 0 Å². The number of hydrogen-bond donors (Lipinski definition) is 4. The van der Waals surface area contributed by atoms with Gasteiger partial charge >= 0.3 is 12.4 Å². The summed E-state index contributed by atoms with van der Waals surface area (Å²) in [7, 11) is 0. The van der Waals surface area contributed by atoms with Crippen LogP contribution in [0.25, 0.3) is 11.0 Å². The number of piperidine rings is 1. The fraction of sp³-hybridized carbons (Fsp3) is 0.567. The van der Waals surface area contributed by atoms with Crippen molar-refractivity contribution in [2.45, 2.75) is 101 Å². The van der Waals surface area contributed by atoms with E-state index in [1.165, 1.54) is 36.6 Å². The maximum Gasteiger partial charge on any atom is 0.418 e. The summed E-state index contributed by atoms with van der Waals surface area (Å²) in [5, 5.41) is 35.7. The number of imidazole rings is 1. The Hall–Kier alpha value is -2.87. The van der Waals surface area contributed by atoms with Crippen LogP contribution in [0.2, 0.25) is 0 Å². The number of aliphatic hydroxyl groups is 3. The Kier molecular flexibility index (Phi) is 7.60. The van der Waals surface area contributed by atoms with Gasteiger partial charge in [-0.2, -0.15) is 26.3 Å². The molecule has 0 radical (unpaired) electrons. The molecule has 0 bridgehead atoms. The molecule has 3 unspecified atom stereocenters. The summed E-state index contributed by atoms with van der Waals surface area (Å²) in [5.41, 5.74) is -5.86. The summed E-state index contributed by atoms with van der Waals surface area (Å²) in [6.07, 6.45) is -8.65. The van der Waals surface area contributed by atoms with Crippen LogP contribution in [0.3, 0.4) is 0 Å². The molecule has 2 fully saturated rings. The second-order valence-electron chi connectivity index (χ2n) is 12.9. The van der Waals surface area contributed by atoms with Gasteiger partial charge in [-0.25, -0.2) is 4.98 Å². The van der Waals surface area contributed by atoms with Gasteiger partial charge in [0.2, 0.25) is 0 Å². The number of rotatable bonds is 6. The van der Waals surface area contributed by atoms with Crippen molar-refractivity contribution in [2.24, 2.45) is 0 Å². The molecule has 1 aliphatic carbocycles. The van der Waals surface area contributed by atoms with E-state index in [9.17, 15) is 41.7 Å². The molecule has 1 aliphatic heterocycles. The Morgan fingerprint density at radius 3 is 2.14 bits per heavy atom. The van der Waals surface area contributed by atoms with E-state index in [4.69, 9.17) is 4.74 Å². The molecule has 2 heterocycles. The lowest BCUT2D eigenvalue weighted by molar-refractivity contribution is -0.138. The molecular weight excluding hydrogens is 580 g/mol. The maximum absolute atomic E-state index is 14.4. The third-order valence-corrected chi connectivity index (χ3v) is 8.28. The van der Waals surface area contributed by atoms with Crippen molar-refractivity contribution in [1.29, 1.82) is 0 Å². The highest BCUT2D eigenvalue weighted by atomic mass is 19.4. The van der Waals surface area contributed by atoms with E-state index >= 15 is 0 Å². The summed E-state index contributed by atoms with van der Waals surface area (Å²) < 4.78 is 89.6. The van der Waals surface area contributed by atoms with Crippen molar-refractivity contribution >= 4 is 11.0 Å². The van der Waals surface area contributed by atoms with E-state index in [0.717, 1.165) is 18.2 Å². The molecule has 1 saturated carbocycles. The number of nitrogens with one attached hydrogen (secondary N) is 1. The minimum Gasteiger partial charge on any atom is -0.492 e. The maximum atomic E-state index is 14.4. The first-order chi connectivity index (χ1) is 19.7. The zero-order chi connectivity index (χ0) is 31.8. The van der Waals surface area contributed by atoms with Gasteiger partial charge in [0.1, 0.15) is 23.8 Å². The Morgan fingerprint density at radius 1 is 0.977 bits per heavy atom. The van der Waals surface area contributed by atoms with Crippen LogP contribution in [0.15, 0.2) is 36.4 Å². The Bertz CT molecular complexity index is 1490. The molecule has 0 amide bonds. The first kappa shape index (κ1) is 31.6. The quantitative estimate of drug-likeness (QED) is 0.262. The minimum absolute atomic E-state index is 0.0280. The van der Waals surface area contributed by atoms with E-state index < -0.39 is 52.4 Å². The van der Waals surface area contributed by atoms with Crippen molar-refractivity contribution in [3.05, 3.63) is 58.9 Å². The number of halogens is 6. The Morgan fingerprint density at radius 2 is 1.60 bits per heavy atom. The highest BCUT2D eigenvalue weighted by molar-refractivity contribution is 5.83. The van der Waals surface area contributed by atoms with Crippen LogP contribution < -0.4 is 10.1 Å². The zero-order valence-corrected chi connectivity index (χ0v) is 24.1. The molecule has 5 rings (SSSR count). The predicted molar refractivity (Wildman–Crippen MR) is 145 cm³/mol. The Balaban J connectivity index is 1.44. The molecule has 1 saturated heterocycles. The van der Waals surface area contributed by atoms with E-state index in [-0.39, 0.29) is 60.9 Å². The van der Waals surface area contributed by atoms with Crippen molar-refractivity contribution in [3.8, 4) is 5.75 Å². The van der Waals surface area contributed by atoms with Gasteiger partial charge in [-0.3, -0.25) is 0 Å². The standard InChI is InChI=1S/C30H35F6N3O4/c1-16-11-28(42,17-5-7-18(8-6-17)29(31,32)33)12-19(37-16)15-43-21-9-22(30(34,35)36)24-23(10-21)38-25(26(2,3)40)39(24)20-13-27(4,41)14-20/h5-10,16,19-20,37,40-42H,11-15H2,1-4H3. The Labute approximate surface area is 244 Å². The first-order valence-corrected chi connectivity index (χ1v) is 14.0. The lowest BCUT2D eigenvalue weighted by Crippen LogP contribution is -2.53. The number of aromatic nitrogens is 2. The van der Waals surface area contributed by atoms with Crippen LogP contribution in [0.5, 0.6) is 5.75 Å². The largest absolute Gasteiger partial charge is 0.492 e. The second kappa shape index (κ2) is 10.4. The van der Waals surface area contributed by atoms with E-state index in [0.29, 0.717) is 5.56 Å². The predicted octanol–water partition coefficient (Wildman–Crippen LogP) is 5.79. The molecule has 236 valence electrons. The van der Waals surface area contributed by atoms with Gasteiger partial charge < -0.3 is 29.9 Å². The third-order valence-electron chi connectivity index (χ3n) is 8.28. The fourth-order valence-electron chi connectivity index (χ4n) is 6.46. The highest BCUT2D eigenvalue weighted by Crippen LogP contribution is 2.47. The van der Waals surface area contributed by atoms with Gasteiger partial charge in [0, 0.05) is 24.2 Å². The molecule has 1 aromatic heterocycles. The summed E-state index contributed by atoms with van der Waals surface area (Å²) >= 11 is 0. The van der Waals surface area contributed by atoms with Gasteiger partial charge in [-0.1, -0.05) is 12.1 Å². The number of ether oxygens (including phenoxy) is 1. The van der Waals surface area contributed by atoms with E-state index in [1.54, 1.807) is 13.8 Å². The van der Waals surface area contributed by atoms with Crippen LogP contribution >= 0.6 is 0 Å². The highest BCUT2D eigenvalue weighted by Gasteiger charge is 2.45. The summed E-state index contributed by atoms with van der Waals surface area (Å²) in [6.45, 7) is 6.11. The number of nitrogens with zero attached hydrogens (tertiary/aromatic N) is 2. The average Bonchev–Trinajstić information content (AvgIpc) is 3.24. The molecule has 43 heavy (non-hydrogen) atoms. The lowest BCUT2D eigenvalue weighted by atomic mass is 9.76. The smallest absolute Gasteiger partial charge is 0.418 e. The monoisotopic (exact) mass is 615 g/mol. The molecule has 2 aliphatic rings. The number of hydrogen-bond acceptors (Lipinski definition) is 6. The van der Waals surface area contributed by atoms with Crippen molar-refractivity contribution in [1.82, 2.24) is 14.9 Å². The van der Waals surface area contributed by atoms with Gasteiger partial charge in [-0.05, 0) is 77.1 Å². The van der Waals surface area contributed by atoms with Crippen LogP contribution in [-0.2, 0) is 23.6 Å². The molecule has 3 atom stereocenters. The van der Waals surface area contributed by atoms with Crippen molar-refractivity contribution in [3.63, 3.8) is 0 Å². The molecule has 4 N–H and O–H groups in total. The molecule has 7 nitrogen and oxygen atoms in total. The number of benzene rings is 2. The summed E-state index contributed by atoms with van der Waals surface area (Å²) in [4.78, 5) is 4.38. The fourth-order valence-corrected chi connectivity index (χ4v) is 6.46. The molecular formula is C30H35F6N3O4. The minimum atomic E-state index is -4.79. The molecule has 13 heteroatoms. The van der Waals surface area contributed by atoms with Gasteiger partial charge in [0.25, 0.3) is 0 Å². The van der Waals surface area contributed by atoms with Crippen LogP contribution in [0.4, 0.5) is 26.3 Å². The van der Waals surface area contributed by atoms with Gasteiger partial charge in [0.15, 0.2) is 0 Å². The second-order valence-corrected chi connectivity index (χ2v) is 12.9. The van der Waals surface area contributed by atoms with E-state index in [2.05, 4.69) is 10.3 Å². The molecule has 2 aromatic carbocycles. The number of alkyl halides is 6. The zero-order valence-electron chi connectivity index (χ0n) is 24.1. The van der Waals surface area contributed by atoms with Gasteiger partial charge in [0.05, 0.1) is 33.4 Å². The van der Waals surface area contributed by atoms with Crippen LogP contribution in [-0.4, -0.2) is 49.2 Å². The SMILES string of the molecule is CC1CC(O)(c2ccc(C(F)(F)F)cc2)CC(COc2cc(C(F)(F)F)c3c(c2)nc(C(C)(C)O)n3C2CC(C)(O)C2)N1. The first-order valence-electron chi connectivity index (χ1n) is 14.0. The molecule has 0 spiro atoms. The summed E-state index contributed by atoms with van der Waals surface area (Å²) in [5.74, 6) is -0.0829. The molecule has 3 aromatic rings. The topological polar surface area (TPSA) is 99.8 Å². The van der Waals surface area contributed by atoms with Crippen LogP contribution in [0, 0.1) is 0 Å². The van der Waals surface area contributed by atoms with Crippen molar-refractivity contribution in [2.75, 3.05) is 6.61 Å². The summed E-state index contributed by atoms with van der Waals surface area (Å²) in [6, 6.07) is 5.22. The number of fused-ring (bicyclic) bond motifs is 1. The normalized spacial score (nSPS) is 28.6. The average molecular weight is 616 g/mol. The van der Waals surface area contributed by atoms with Crippen molar-refractivity contribution < 1.29 is 46.4 Å². The van der Waals surface area contributed by atoms with E-state index in [1.807, 2.05) is 0 Å². The third kappa shape index (κ3) is 6.36.